The Morgan fingerprint density at radius 2 is 1.94 bits per heavy atom. The fraction of sp³-hybridized carbons (Fsp3) is 0.583. The molecule has 0 bridgehead atoms. The minimum atomic E-state index is -0.767. The fourth-order valence-corrected chi connectivity index (χ4v) is 1.91. The van der Waals surface area contributed by atoms with E-state index < -0.39 is 12.2 Å². The zero-order chi connectivity index (χ0) is 12.3. The maximum Gasteiger partial charge on any atom is 0.0850 e. The number of aliphatic hydroxyl groups excluding tert-OH is 2. The zero-order valence-corrected chi connectivity index (χ0v) is 11.4. The lowest BCUT2D eigenvalue weighted by Crippen LogP contribution is -2.38. The molecule has 0 aliphatic carbocycles. The third-order valence-electron chi connectivity index (χ3n) is 2.46. The van der Waals surface area contributed by atoms with Gasteiger partial charge in [0.2, 0.25) is 0 Å². The number of pyridine rings is 1. The van der Waals surface area contributed by atoms with Crippen molar-refractivity contribution in [3.63, 3.8) is 0 Å². The van der Waals surface area contributed by atoms with Gasteiger partial charge in [-0.1, -0.05) is 20.8 Å². The molecule has 4 heteroatoms. The van der Waals surface area contributed by atoms with Gasteiger partial charge in [-0.15, -0.1) is 0 Å². The summed E-state index contributed by atoms with van der Waals surface area (Å²) in [6, 6.07) is 1.89. The number of nitrogens with zero attached hydrogens (tertiary/aromatic N) is 1. The lowest BCUT2D eigenvalue weighted by molar-refractivity contribution is -0.0434. The van der Waals surface area contributed by atoms with Gasteiger partial charge in [-0.3, -0.25) is 4.98 Å². The molecule has 90 valence electrons. The quantitative estimate of drug-likeness (QED) is 0.896. The van der Waals surface area contributed by atoms with Crippen molar-refractivity contribution in [3.05, 3.63) is 28.5 Å². The number of aliphatic hydroxyl groups is 2. The molecule has 16 heavy (non-hydrogen) atoms. The summed E-state index contributed by atoms with van der Waals surface area (Å²) in [6.45, 7) is 5.71. The van der Waals surface area contributed by atoms with E-state index in [0.717, 1.165) is 10.0 Å². The maximum absolute atomic E-state index is 9.90. The Balaban J connectivity index is 2.68. The van der Waals surface area contributed by atoms with Crippen molar-refractivity contribution in [2.24, 2.45) is 5.41 Å². The van der Waals surface area contributed by atoms with E-state index in [1.165, 1.54) is 0 Å². The number of hydrogen-bond acceptors (Lipinski definition) is 3. The largest absolute Gasteiger partial charge is 0.390 e. The van der Waals surface area contributed by atoms with Gasteiger partial charge < -0.3 is 10.2 Å². The minimum absolute atomic E-state index is 0.321. The number of hydrogen-bond donors (Lipinski definition) is 2. The summed E-state index contributed by atoms with van der Waals surface area (Å²) in [5, 5.41) is 19.8. The first kappa shape index (κ1) is 13.6. The van der Waals surface area contributed by atoms with Crippen molar-refractivity contribution in [2.45, 2.75) is 39.4 Å². The first-order valence-corrected chi connectivity index (χ1v) is 6.05. The van der Waals surface area contributed by atoms with E-state index in [0.29, 0.717) is 6.42 Å². The van der Waals surface area contributed by atoms with Gasteiger partial charge >= 0.3 is 0 Å². The SMILES string of the molecule is CC(C)(C)C(O)C(O)Cc1cncc(Br)c1. The molecule has 0 spiro atoms. The Bertz CT molecular complexity index is 349. The van der Waals surface area contributed by atoms with Gasteiger partial charge in [0.15, 0.2) is 0 Å². The lowest BCUT2D eigenvalue weighted by atomic mass is 9.84. The van der Waals surface area contributed by atoms with Crippen LogP contribution >= 0.6 is 15.9 Å². The molecular formula is C12H18BrNO2. The Kier molecular flexibility index (Phi) is 4.47. The Morgan fingerprint density at radius 1 is 1.31 bits per heavy atom. The molecule has 0 amide bonds. The normalized spacial score (nSPS) is 15.9. The molecule has 1 aromatic rings. The van der Waals surface area contributed by atoms with E-state index in [2.05, 4.69) is 20.9 Å². The van der Waals surface area contributed by atoms with E-state index in [4.69, 9.17) is 0 Å². The summed E-state index contributed by atoms with van der Waals surface area (Å²) in [6.07, 6.45) is 2.28. The zero-order valence-electron chi connectivity index (χ0n) is 9.81. The van der Waals surface area contributed by atoms with Crippen LogP contribution in [0, 0.1) is 5.41 Å². The van der Waals surface area contributed by atoms with E-state index in [9.17, 15) is 10.2 Å². The molecule has 2 unspecified atom stereocenters. The molecule has 2 atom stereocenters. The van der Waals surface area contributed by atoms with Gasteiger partial charge in [0.05, 0.1) is 12.2 Å². The average molecular weight is 288 g/mol. The Labute approximate surface area is 105 Å². The van der Waals surface area contributed by atoms with Crippen molar-refractivity contribution < 1.29 is 10.2 Å². The van der Waals surface area contributed by atoms with Gasteiger partial charge in [0, 0.05) is 23.3 Å². The molecular weight excluding hydrogens is 270 g/mol. The summed E-state index contributed by atoms with van der Waals surface area (Å²) < 4.78 is 0.877. The summed E-state index contributed by atoms with van der Waals surface area (Å²) in [5.74, 6) is 0. The standard InChI is InChI=1S/C12H18BrNO2/c1-12(2,3)11(16)10(15)5-8-4-9(13)7-14-6-8/h4,6-7,10-11,15-16H,5H2,1-3H3. The summed E-state index contributed by atoms with van der Waals surface area (Å²) in [5.41, 5.74) is 0.587. The van der Waals surface area contributed by atoms with E-state index in [1.807, 2.05) is 26.8 Å². The first-order chi connectivity index (χ1) is 7.30. The number of rotatable bonds is 3. The van der Waals surface area contributed by atoms with E-state index in [-0.39, 0.29) is 5.41 Å². The predicted molar refractivity (Wildman–Crippen MR) is 67.1 cm³/mol. The molecule has 1 heterocycles. The van der Waals surface area contributed by atoms with Gasteiger partial charge in [-0.25, -0.2) is 0 Å². The molecule has 0 aromatic carbocycles. The monoisotopic (exact) mass is 287 g/mol. The highest BCUT2D eigenvalue weighted by molar-refractivity contribution is 9.10. The van der Waals surface area contributed by atoms with Crippen LogP contribution in [-0.2, 0) is 6.42 Å². The van der Waals surface area contributed by atoms with Crippen LogP contribution in [0.4, 0.5) is 0 Å². The van der Waals surface area contributed by atoms with Gasteiger partial charge in [-0.2, -0.15) is 0 Å². The summed E-state index contributed by atoms with van der Waals surface area (Å²) in [4.78, 5) is 4.02. The minimum Gasteiger partial charge on any atom is -0.390 e. The van der Waals surface area contributed by atoms with Crippen molar-refractivity contribution in [1.82, 2.24) is 4.98 Å². The summed E-state index contributed by atoms with van der Waals surface area (Å²) >= 11 is 3.32. The molecule has 1 aromatic heterocycles. The van der Waals surface area contributed by atoms with Crippen LogP contribution in [0.3, 0.4) is 0 Å². The van der Waals surface area contributed by atoms with Gasteiger partial charge in [0.1, 0.15) is 0 Å². The molecule has 0 saturated carbocycles. The average Bonchev–Trinajstić information content (AvgIpc) is 2.15. The second-order valence-corrected chi connectivity index (χ2v) is 6.01. The lowest BCUT2D eigenvalue weighted by Gasteiger charge is -2.29. The Morgan fingerprint density at radius 3 is 2.44 bits per heavy atom. The van der Waals surface area contributed by atoms with Crippen LogP contribution in [0.15, 0.2) is 22.9 Å². The second kappa shape index (κ2) is 5.25. The van der Waals surface area contributed by atoms with Crippen LogP contribution in [0.1, 0.15) is 26.3 Å². The van der Waals surface area contributed by atoms with Crippen molar-refractivity contribution >= 4 is 15.9 Å². The molecule has 0 aliphatic heterocycles. The fourth-order valence-electron chi connectivity index (χ4n) is 1.50. The van der Waals surface area contributed by atoms with E-state index >= 15 is 0 Å². The topological polar surface area (TPSA) is 53.4 Å². The third-order valence-corrected chi connectivity index (χ3v) is 2.89. The van der Waals surface area contributed by atoms with Crippen LogP contribution in [-0.4, -0.2) is 27.4 Å². The van der Waals surface area contributed by atoms with Crippen LogP contribution in [0.25, 0.3) is 0 Å². The molecule has 0 saturated heterocycles. The van der Waals surface area contributed by atoms with Crippen molar-refractivity contribution in [3.8, 4) is 0 Å². The number of halogens is 1. The third kappa shape index (κ3) is 3.85. The van der Waals surface area contributed by atoms with Crippen molar-refractivity contribution in [2.75, 3.05) is 0 Å². The smallest absolute Gasteiger partial charge is 0.0850 e. The molecule has 1 rings (SSSR count). The highest BCUT2D eigenvalue weighted by Gasteiger charge is 2.29. The molecule has 0 radical (unpaired) electrons. The highest BCUT2D eigenvalue weighted by atomic mass is 79.9. The predicted octanol–water partition coefficient (Wildman–Crippen LogP) is 2.15. The van der Waals surface area contributed by atoms with Gasteiger partial charge in [0.25, 0.3) is 0 Å². The first-order valence-electron chi connectivity index (χ1n) is 5.26. The van der Waals surface area contributed by atoms with Gasteiger partial charge in [-0.05, 0) is 33.0 Å². The summed E-state index contributed by atoms with van der Waals surface area (Å²) in [7, 11) is 0. The molecule has 3 nitrogen and oxygen atoms in total. The van der Waals surface area contributed by atoms with Crippen LogP contribution < -0.4 is 0 Å². The highest BCUT2D eigenvalue weighted by Crippen LogP contribution is 2.23. The molecule has 2 N–H and O–H groups in total. The second-order valence-electron chi connectivity index (χ2n) is 5.09. The molecule has 0 fully saturated rings. The number of aromatic nitrogens is 1. The molecule has 0 aliphatic rings. The van der Waals surface area contributed by atoms with Crippen molar-refractivity contribution in [1.29, 1.82) is 0 Å². The van der Waals surface area contributed by atoms with Crippen LogP contribution in [0.5, 0.6) is 0 Å². The Hall–Kier alpha value is -0.450. The van der Waals surface area contributed by atoms with Crippen LogP contribution in [0.2, 0.25) is 0 Å². The van der Waals surface area contributed by atoms with E-state index in [1.54, 1.807) is 12.4 Å². The maximum atomic E-state index is 9.90.